The summed E-state index contributed by atoms with van der Waals surface area (Å²) in [5.74, 6) is -4.52. The Morgan fingerprint density at radius 3 is 1.68 bits per heavy atom. The van der Waals surface area contributed by atoms with Gasteiger partial charge in [-0.15, -0.1) is 0 Å². The molecule has 4 aromatic carbocycles. The molecule has 1 heterocycles. The van der Waals surface area contributed by atoms with Crippen LogP contribution in [-0.4, -0.2) is 40.0 Å². The average molecular weight is 554 g/mol. The molecule has 0 fully saturated rings. The van der Waals surface area contributed by atoms with E-state index < -0.39 is 29.3 Å². The Morgan fingerprint density at radius 1 is 0.825 bits per heavy atom. The van der Waals surface area contributed by atoms with Crippen LogP contribution in [0.2, 0.25) is 0 Å². The van der Waals surface area contributed by atoms with Crippen molar-refractivity contribution in [2.75, 3.05) is 7.11 Å². The van der Waals surface area contributed by atoms with Crippen LogP contribution in [0.5, 0.6) is 0 Å². The van der Waals surface area contributed by atoms with E-state index in [2.05, 4.69) is 0 Å². The highest BCUT2D eigenvalue weighted by molar-refractivity contribution is 7.96. The lowest BCUT2D eigenvalue weighted by molar-refractivity contribution is -0.384. The Hall–Kier alpha value is -4.78. The summed E-state index contributed by atoms with van der Waals surface area (Å²) in [6, 6.07) is 32.9. The third-order valence-corrected chi connectivity index (χ3v) is 11.1. The summed E-state index contributed by atoms with van der Waals surface area (Å²) in [7, 11) is 1.19. The van der Waals surface area contributed by atoms with Crippen LogP contribution in [0.15, 0.2) is 121 Å². The van der Waals surface area contributed by atoms with Crippen molar-refractivity contribution in [2.24, 2.45) is 0 Å². The number of aliphatic hydroxyl groups is 1. The maximum Gasteiger partial charge on any atom is 0.342 e. The number of non-ortho nitro benzene ring substituents is 1. The zero-order valence-electron chi connectivity index (χ0n) is 21.3. The molecule has 0 bridgehead atoms. The molecule has 1 N–H and O–H groups in total. The minimum Gasteiger partial charge on any atom is -0.465 e. The van der Waals surface area contributed by atoms with E-state index in [1.807, 2.05) is 91.0 Å². The molecule has 0 saturated heterocycles. The number of benzene rings is 4. The third kappa shape index (κ3) is 4.43. The van der Waals surface area contributed by atoms with E-state index >= 15 is 0 Å². The van der Waals surface area contributed by atoms with Gasteiger partial charge in [0.05, 0.1) is 12.0 Å². The number of ether oxygens (including phenoxy) is 2. The normalized spacial score (nSPS) is 16.6. The molecule has 0 amide bonds. The van der Waals surface area contributed by atoms with Crippen molar-refractivity contribution in [1.82, 2.24) is 0 Å². The van der Waals surface area contributed by atoms with Crippen molar-refractivity contribution in [2.45, 2.75) is 5.79 Å². The summed E-state index contributed by atoms with van der Waals surface area (Å²) in [5.41, 5.74) is 0.176. The lowest BCUT2D eigenvalue weighted by Gasteiger charge is -2.36. The predicted molar refractivity (Wildman–Crippen MR) is 154 cm³/mol. The second kappa shape index (κ2) is 10.8. The van der Waals surface area contributed by atoms with Crippen LogP contribution in [0.4, 0.5) is 5.69 Å². The summed E-state index contributed by atoms with van der Waals surface area (Å²) in [5, 5.41) is 25.1. The first-order valence-corrected chi connectivity index (χ1v) is 14.1. The maximum atomic E-state index is 13.9. The van der Waals surface area contributed by atoms with E-state index in [0.29, 0.717) is 21.5 Å². The molecule has 0 aromatic heterocycles. The first-order chi connectivity index (χ1) is 19.3. The maximum absolute atomic E-state index is 13.9. The average Bonchev–Trinajstić information content (AvgIpc) is 3.31. The number of rotatable bonds is 7. The second-order valence-electron chi connectivity index (χ2n) is 8.94. The van der Waals surface area contributed by atoms with Crippen LogP contribution in [0.25, 0.3) is 5.76 Å². The van der Waals surface area contributed by atoms with Gasteiger partial charge in [0.25, 0.3) is 5.69 Å². The van der Waals surface area contributed by atoms with Crippen LogP contribution in [0.1, 0.15) is 5.56 Å². The molecule has 0 saturated carbocycles. The minimum atomic E-state index is -3.30. The van der Waals surface area contributed by atoms with Gasteiger partial charge in [-0.1, -0.05) is 91.0 Å². The van der Waals surface area contributed by atoms with E-state index in [9.17, 15) is 24.8 Å². The minimum absolute atomic E-state index is 0.0314. The topological polar surface area (TPSA) is 116 Å². The Kier molecular flexibility index (Phi) is 7.22. The van der Waals surface area contributed by atoms with Crippen molar-refractivity contribution in [1.29, 1.82) is 0 Å². The number of esters is 1. The van der Waals surface area contributed by atoms with Gasteiger partial charge in [-0.25, -0.2) is 4.79 Å². The molecule has 1 aliphatic heterocycles. The molecule has 1 atom stereocenters. The number of methoxy groups -OCH3 is 1. The largest absolute Gasteiger partial charge is 0.465 e. The van der Waals surface area contributed by atoms with Crippen molar-refractivity contribution < 1.29 is 29.1 Å². The van der Waals surface area contributed by atoms with Gasteiger partial charge in [-0.05, 0) is 34.9 Å². The van der Waals surface area contributed by atoms with Crippen molar-refractivity contribution in [3.05, 3.63) is 137 Å². The fourth-order valence-corrected chi connectivity index (χ4v) is 9.40. The van der Waals surface area contributed by atoms with E-state index in [0.717, 1.165) is 6.08 Å². The van der Waals surface area contributed by atoms with E-state index in [1.54, 1.807) is 0 Å². The molecule has 0 spiro atoms. The first kappa shape index (κ1) is 26.8. The molecule has 8 nitrogen and oxygen atoms in total. The van der Waals surface area contributed by atoms with Gasteiger partial charge in [-0.3, -0.25) is 14.9 Å². The number of nitro benzene ring substituents is 1. The van der Waals surface area contributed by atoms with Gasteiger partial charge in [0, 0.05) is 23.8 Å². The molecule has 5 rings (SSSR count). The van der Waals surface area contributed by atoms with Crippen molar-refractivity contribution >= 4 is 51.3 Å². The quantitative estimate of drug-likeness (QED) is 0.161. The van der Waals surface area contributed by atoms with Gasteiger partial charge in [0.2, 0.25) is 5.78 Å². The van der Waals surface area contributed by atoms with Crippen molar-refractivity contribution in [3.63, 3.8) is 0 Å². The number of hydrogen-bond donors (Lipinski definition) is 1. The number of nitro groups is 1. The zero-order valence-corrected chi connectivity index (χ0v) is 22.2. The fourth-order valence-electron chi connectivity index (χ4n) is 4.90. The van der Waals surface area contributed by atoms with Crippen LogP contribution >= 0.6 is 6.89 Å². The van der Waals surface area contributed by atoms with Crippen molar-refractivity contribution in [3.8, 4) is 0 Å². The number of ketones is 1. The highest BCUT2D eigenvalue weighted by Crippen LogP contribution is 2.50. The lowest BCUT2D eigenvalue weighted by Crippen LogP contribution is -2.52. The van der Waals surface area contributed by atoms with Gasteiger partial charge >= 0.3 is 11.8 Å². The molecule has 0 radical (unpaired) electrons. The summed E-state index contributed by atoms with van der Waals surface area (Å²) < 4.78 is 11.2. The van der Waals surface area contributed by atoms with Crippen LogP contribution in [0.3, 0.4) is 0 Å². The van der Waals surface area contributed by atoms with Crippen LogP contribution < -0.4 is 15.9 Å². The predicted octanol–water partition coefficient (Wildman–Crippen LogP) is 3.56. The van der Waals surface area contributed by atoms with Crippen LogP contribution in [-0.2, 0) is 19.1 Å². The van der Waals surface area contributed by atoms with Gasteiger partial charge < -0.3 is 14.6 Å². The molecule has 9 heteroatoms. The van der Waals surface area contributed by atoms with E-state index in [-0.39, 0.29) is 16.7 Å². The third-order valence-electron chi connectivity index (χ3n) is 6.68. The molecular weight excluding hydrogens is 529 g/mol. The lowest BCUT2D eigenvalue weighted by atomic mass is 10.1. The van der Waals surface area contributed by atoms with Gasteiger partial charge in [-0.2, -0.15) is 0 Å². The highest BCUT2D eigenvalue weighted by Gasteiger charge is 2.55. The molecule has 1 unspecified atom stereocenters. The fraction of sp³-hybridized carbons (Fsp3) is 0.0645. The van der Waals surface area contributed by atoms with E-state index in [1.165, 1.54) is 31.4 Å². The first-order valence-electron chi connectivity index (χ1n) is 12.3. The SMILES string of the molecule is COC(=O)C(C1(O)OC(c2ccc([N+](=O)[O-])cc2)=CC1=O)=P(c1ccccc1)(c1ccccc1)c1ccccc1. The summed E-state index contributed by atoms with van der Waals surface area (Å²) in [4.78, 5) is 38.1. The molecule has 4 aromatic rings. The van der Waals surface area contributed by atoms with Gasteiger partial charge in [0.15, 0.2) is 0 Å². The van der Waals surface area contributed by atoms with Gasteiger partial charge in [0.1, 0.15) is 11.1 Å². The second-order valence-corrected chi connectivity index (χ2v) is 12.3. The van der Waals surface area contributed by atoms with E-state index in [4.69, 9.17) is 9.47 Å². The Bertz CT molecular complexity index is 1560. The Balaban J connectivity index is 1.86. The monoisotopic (exact) mass is 553 g/mol. The number of carbonyl (C=O) groups excluding carboxylic acids is 2. The Morgan fingerprint density at radius 2 is 1.27 bits per heavy atom. The number of hydrogen-bond acceptors (Lipinski definition) is 7. The summed E-state index contributed by atoms with van der Waals surface area (Å²) in [6.07, 6.45) is 1.10. The highest BCUT2D eigenvalue weighted by atomic mass is 31.2. The molecule has 0 aliphatic carbocycles. The molecule has 40 heavy (non-hydrogen) atoms. The summed E-state index contributed by atoms with van der Waals surface area (Å²) in [6.45, 7) is -3.30. The van der Waals surface area contributed by atoms with Crippen LogP contribution in [0, 0.1) is 10.1 Å². The standard InChI is InChI=1S/C31H24NO7P/c1-38-30(34)29(31(35)28(33)21-27(39-31)22-17-19-23(20-18-22)32(36)37)40(24-11-5-2-6-12-24,25-13-7-3-8-14-25)26-15-9-4-10-16-26/h2-21,35H,1H3. The Labute approximate surface area is 230 Å². The zero-order chi connectivity index (χ0) is 28.3. The number of carbonyl (C=O) groups is 2. The smallest absolute Gasteiger partial charge is 0.342 e. The molecule has 1 aliphatic rings. The number of nitrogens with zero attached hydrogens (tertiary/aromatic N) is 1. The molecular formula is C31H24NO7P. The summed E-state index contributed by atoms with van der Waals surface area (Å²) >= 11 is 0. The molecule has 200 valence electrons.